The Labute approximate surface area is 148 Å². The average molecular weight is 386 g/mol. The lowest BCUT2D eigenvalue weighted by Gasteiger charge is -2.01. The number of aromatic nitrogens is 3. The number of amides is 1. The lowest BCUT2D eigenvalue weighted by molar-refractivity contribution is -0.138. The summed E-state index contributed by atoms with van der Waals surface area (Å²) in [5.74, 6) is -0.367. The highest BCUT2D eigenvalue weighted by Crippen LogP contribution is 2.33. The van der Waals surface area contributed by atoms with Gasteiger partial charge in [0.25, 0.3) is 0 Å². The van der Waals surface area contributed by atoms with E-state index in [0.29, 0.717) is 17.8 Å². The molecular weight excluding hydrogens is 373 g/mol. The number of halogens is 3. The van der Waals surface area contributed by atoms with Crippen LogP contribution in [-0.2, 0) is 17.4 Å². The number of carbonyl (C=O) groups is 1. The van der Waals surface area contributed by atoms with Gasteiger partial charge in [-0.1, -0.05) is 23.5 Å². The Morgan fingerprint density at radius 2 is 1.92 bits per heavy atom. The number of aryl methyl sites for hydroxylation is 1. The summed E-state index contributed by atoms with van der Waals surface area (Å²) < 4.78 is 38.4. The minimum atomic E-state index is -4.54. The summed E-state index contributed by atoms with van der Waals surface area (Å²) in [4.78, 5) is 16.3. The molecule has 0 unspecified atom stereocenters. The molecule has 0 radical (unpaired) electrons. The van der Waals surface area contributed by atoms with Gasteiger partial charge in [0.2, 0.25) is 16.0 Å². The molecule has 1 amide bonds. The number of unbranched alkanes of at least 4 members (excludes halogenated alkanes) is 1. The highest BCUT2D eigenvalue weighted by atomic mass is 32.1. The number of fused-ring (bicyclic) bond motifs is 1. The fraction of sp³-hybridized carbons (Fsp3) is 0.333. The third-order valence-electron chi connectivity index (χ3n) is 3.30. The van der Waals surface area contributed by atoms with Gasteiger partial charge < -0.3 is 5.32 Å². The molecule has 132 valence electrons. The van der Waals surface area contributed by atoms with E-state index in [1.165, 1.54) is 0 Å². The topological polar surface area (TPSA) is 67.8 Å². The Balaban J connectivity index is 1.42. The molecule has 1 aromatic carbocycles. The van der Waals surface area contributed by atoms with Gasteiger partial charge in [0, 0.05) is 6.42 Å². The van der Waals surface area contributed by atoms with Crippen LogP contribution < -0.4 is 5.32 Å². The first-order chi connectivity index (χ1) is 11.9. The first-order valence-corrected chi connectivity index (χ1v) is 9.10. The van der Waals surface area contributed by atoms with Crippen molar-refractivity contribution in [2.45, 2.75) is 31.9 Å². The molecule has 10 heteroatoms. The maximum Gasteiger partial charge on any atom is 0.445 e. The fourth-order valence-corrected chi connectivity index (χ4v) is 3.79. The summed E-state index contributed by atoms with van der Waals surface area (Å²) in [6.45, 7) is 0. The molecule has 2 heterocycles. The Morgan fingerprint density at radius 1 is 1.12 bits per heavy atom. The van der Waals surface area contributed by atoms with Crippen LogP contribution in [0, 0.1) is 0 Å². The number of anilines is 1. The van der Waals surface area contributed by atoms with Gasteiger partial charge in [-0.2, -0.15) is 13.2 Å². The Morgan fingerprint density at radius 3 is 2.64 bits per heavy atom. The average Bonchev–Trinajstić information content (AvgIpc) is 3.17. The quantitative estimate of drug-likeness (QED) is 0.633. The van der Waals surface area contributed by atoms with Gasteiger partial charge in [0.15, 0.2) is 0 Å². The van der Waals surface area contributed by atoms with Crippen LogP contribution in [0.2, 0.25) is 0 Å². The van der Waals surface area contributed by atoms with Crippen molar-refractivity contribution >= 4 is 43.9 Å². The summed E-state index contributed by atoms with van der Waals surface area (Å²) >= 11 is 1.95. The first kappa shape index (κ1) is 17.7. The van der Waals surface area contributed by atoms with E-state index in [9.17, 15) is 18.0 Å². The second kappa shape index (κ2) is 7.44. The number of benzene rings is 1. The van der Waals surface area contributed by atoms with E-state index >= 15 is 0 Å². The van der Waals surface area contributed by atoms with Gasteiger partial charge in [-0.25, -0.2) is 4.98 Å². The summed E-state index contributed by atoms with van der Waals surface area (Å²) in [5, 5.41) is 8.51. The highest BCUT2D eigenvalue weighted by molar-refractivity contribution is 7.18. The van der Waals surface area contributed by atoms with Crippen molar-refractivity contribution in [1.82, 2.24) is 15.2 Å². The van der Waals surface area contributed by atoms with Crippen LogP contribution in [0.15, 0.2) is 24.3 Å². The zero-order valence-corrected chi connectivity index (χ0v) is 14.5. The van der Waals surface area contributed by atoms with Gasteiger partial charge in [-0.3, -0.25) is 4.79 Å². The lowest BCUT2D eigenvalue weighted by atomic mass is 10.2. The van der Waals surface area contributed by atoms with Crippen molar-refractivity contribution in [3.05, 3.63) is 34.3 Å². The molecule has 0 atom stereocenters. The largest absolute Gasteiger partial charge is 0.445 e. The van der Waals surface area contributed by atoms with Gasteiger partial charge in [-0.05, 0) is 31.4 Å². The predicted octanol–water partition coefficient (Wildman–Crippen LogP) is 4.52. The predicted molar refractivity (Wildman–Crippen MR) is 90.7 cm³/mol. The van der Waals surface area contributed by atoms with Crippen LogP contribution in [0.1, 0.15) is 29.3 Å². The van der Waals surface area contributed by atoms with Gasteiger partial charge in [0.1, 0.15) is 0 Å². The highest BCUT2D eigenvalue weighted by Gasteiger charge is 2.35. The Bertz CT molecular complexity index is 842. The van der Waals surface area contributed by atoms with Crippen molar-refractivity contribution in [3.63, 3.8) is 0 Å². The van der Waals surface area contributed by atoms with Gasteiger partial charge >= 0.3 is 6.18 Å². The number of carbonyl (C=O) groups excluding carboxylic acids is 1. The number of thiazole rings is 1. The third-order valence-corrected chi connectivity index (χ3v) is 5.28. The van der Waals surface area contributed by atoms with Gasteiger partial charge in [-0.15, -0.1) is 21.5 Å². The van der Waals surface area contributed by atoms with Crippen LogP contribution >= 0.6 is 22.7 Å². The zero-order chi connectivity index (χ0) is 17.9. The SMILES string of the molecule is O=C(CCCCc1nc2ccccc2s1)Nc1nnc(C(F)(F)F)s1. The molecule has 25 heavy (non-hydrogen) atoms. The molecular formula is C15H13F3N4OS2. The van der Waals surface area contributed by atoms with Crippen LogP contribution in [0.3, 0.4) is 0 Å². The maximum atomic E-state index is 12.4. The number of nitrogens with one attached hydrogen (secondary N) is 1. The van der Waals surface area contributed by atoms with E-state index in [0.717, 1.165) is 28.1 Å². The monoisotopic (exact) mass is 386 g/mol. The maximum absolute atomic E-state index is 12.4. The second-order valence-corrected chi connectivity index (χ2v) is 7.33. The van der Waals surface area contributed by atoms with Crippen molar-refractivity contribution in [2.75, 3.05) is 5.32 Å². The van der Waals surface area contributed by atoms with E-state index in [1.807, 2.05) is 24.3 Å². The smallest absolute Gasteiger partial charge is 0.301 e. The Hall–Kier alpha value is -2.07. The van der Waals surface area contributed by atoms with Crippen molar-refractivity contribution < 1.29 is 18.0 Å². The first-order valence-electron chi connectivity index (χ1n) is 7.47. The molecule has 3 aromatic rings. The van der Waals surface area contributed by atoms with E-state index in [-0.39, 0.29) is 17.5 Å². The molecule has 0 aliphatic rings. The van der Waals surface area contributed by atoms with Crippen molar-refractivity contribution in [1.29, 1.82) is 0 Å². The third kappa shape index (κ3) is 4.73. The molecule has 0 saturated carbocycles. The molecule has 3 rings (SSSR count). The minimum absolute atomic E-state index is 0.136. The minimum Gasteiger partial charge on any atom is -0.301 e. The van der Waals surface area contributed by atoms with E-state index in [2.05, 4.69) is 20.5 Å². The molecule has 0 saturated heterocycles. The molecule has 2 aromatic heterocycles. The normalized spacial score (nSPS) is 11.8. The van der Waals surface area contributed by atoms with Crippen LogP contribution in [0.4, 0.5) is 18.3 Å². The standard InChI is InChI=1S/C15H13F3N4OS2/c16-15(17,18)13-21-22-14(25-13)20-11(23)7-3-4-8-12-19-9-5-1-2-6-10(9)24-12/h1-2,5-6H,3-4,7-8H2,(H,20,22,23). The summed E-state index contributed by atoms with van der Waals surface area (Å²) in [6, 6.07) is 7.88. The van der Waals surface area contributed by atoms with E-state index in [4.69, 9.17) is 0 Å². The number of nitrogens with zero attached hydrogens (tertiary/aromatic N) is 3. The summed E-state index contributed by atoms with van der Waals surface area (Å²) in [6.07, 6.45) is -2.17. The Kier molecular flexibility index (Phi) is 5.28. The van der Waals surface area contributed by atoms with Crippen molar-refractivity contribution in [2.24, 2.45) is 0 Å². The van der Waals surface area contributed by atoms with Crippen LogP contribution in [0.25, 0.3) is 10.2 Å². The molecule has 0 aliphatic carbocycles. The molecule has 0 aliphatic heterocycles. The molecule has 5 nitrogen and oxygen atoms in total. The van der Waals surface area contributed by atoms with Crippen molar-refractivity contribution in [3.8, 4) is 0 Å². The molecule has 0 spiro atoms. The van der Waals surface area contributed by atoms with Crippen LogP contribution in [-0.4, -0.2) is 21.1 Å². The number of hydrogen-bond acceptors (Lipinski definition) is 6. The zero-order valence-electron chi connectivity index (χ0n) is 12.8. The second-order valence-electron chi connectivity index (χ2n) is 5.24. The summed E-state index contributed by atoms with van der Waals surface area (Å²) in [5.41, 5.74) is 0.969. The molecule has 0 bridgehead atoms. The summed E-state index contributed by atoms with van der Waals surface area (Å²) in [7, 11) is 0. The van der Waals surface area contributed by atoms with Gasteiger partial charge in [0.05, 0.1) is 15.2 Å². The number of para-hydroxylation sites is 1. The molecule has 0 fully saturated rings. The number of hydrogen-bond donors (Lipinski definition) is 1. The van der Waals surface area contributed by atoms with Crippen LogP contribution in [0.5, 0.6) is 0 Å². The fourth-order valence-electron chi connectivity index (χ4n) is 2.16. The number of rotatable bonds is 6. The van der Waals surface area contributed by atoms with E-state index < -0.39 is 11.2 Å². The van der Waals surface area contributed by atoms with E-state index in [1.54, 1.807) is 11.3 Å². The number of alkyl halides is 3. The lowest BCUT2D eigenvalue weighted by Crippen LogP contribution is -2.10. The molecule has 1 N–H and O–H groups in total.